The van der Waals surface area contributed by atoms with Gasteiger partial charge < -0.3 is 14.8 Å². The standard InChI is InChI=1S/C12H19N3O/c1-14-8-4-6-11(14)12(16)15(2)10-5-3-7-13-9-10/h4,6,8,10,13H,3,5,7,9H2,1-2H3. The van der Waals surface area contributed by atoms with E-state index in [1.807, 2.05) is 41.9 Å². The van der Waals surface area contributed by atoms with E-state index >= 15 is 0 Å². The summed E-state index contributed by atoms with van der Waals surface area (Å²) in [7, 11) is 3.80. The summed E-state index contributed by atoms with van der Waals surface area (Å²) < 4.78 is 1.87. The molecule has 1 fully saturated rings. The Balaban J connectivity index is 2.06. The molecule has 1 unspecified atom stereocenters. The molecule has 1 amide bonds. The van der Waals surface area contributed by atoms with E-state index in [0.717, 1.165) is 31.6 Å². The highest BCUT2D eigenvalue weighted by Gasteiger charge is 2.23. The van der Waals surface area contributed by atoms with Gasteiger partial charge in [0.2, 0.25) is 0 Å². The Morgan fingerprint density at radius 1 is 1.62 bits per heavy atom. The summed E-state index contributed by atoms with van der Waals surface area (Å²) in [6.07, 6.45) is 4.15. The van der Waals surface area contributed by atoms with Gasteiger partial charge in [-0.25, -0.2) is 0 Å². The molecule has 1 N–H and O–H groups in total. The number of carbonyl (C=O) groups is 1. The lowest BCUT2D eigenvalue weighted by Gasteiger charge is -2.31. The van der Waals surface area contributed by atoms with Gasteiger partial charge in [0.15, 0.2) is 0 Å². The van der Waals surface area contributed by atoms with E-state index in [4.69, 9.17) is 0 Å². The van der Waals surface area contributed by atoms with Crippen molar-refractivity contribution in [3.63, 3.8) is 0 Å². The van der Waals surface area contributed by atoms with Crippen LogP contribution in [-0.4, -0.2) is 41.6 Å². The second kappa shape index (κ2) is 4.70. The minimum Gasteiger partial charge on any atom is -0.347 e. The first kappa shape index (κ1) is 11.2. The molecule has 88 valence electrons. The normalized spacial score (nSPS) is 20.8. The first-order valence-corrected chi connectivity index (χ1v) is 5.79. The molecule has 0 aromatic carbocycles. The number of nitrogens with zero attached hydrogens (tertiary/aromatic N) is 2. The molecule has 0 radical (unpaired) electrons. The fraction of sp³-hybridized carbons (Fsp3) is 0.583. The molecule has 0 bridgehead atoms. The summed E-state index contributed by atoms with van der Waals surface area (Å²) in [4.78, 5) is 14.1. The highest BCUT2D eigenvalue weighted by Crippen LogP contribution is 2.12. The number of hydrogen-bond donors (Lipinski definition) is 1. The Labute approximate surface area is 96.2 Å². The van der Waals surface area contributed by atoms with Crippen LogP contribution in [0.4, 0.5) is 0 Å². The van der Waals surface area contributed by atoms with Gasteiger partial charge in [-0.15, -0.1) is 0 Å². The van der Waals surface area contributed by atoms with Crippen molar-refractivity contribution in [1.82, 2.24) is 14.8 Å². The average molecular weight is 221 g/mol. The smallest absolute Gasteiger partial charge is 0.270 e. The second-order valence-corrected chi connectivity index (χ2v) is 4.42. The molecule has 2 rings (SSSR count). The van der Waals surface area contributed by atoms with E-state index in [0.29, 0.717) is 6.04 Å². The maximum atomic E-state index is 12.2. The third-order valence-electron chi connectivity index (χ3n) is 3.30. The van der Waals surface area contributed by atoms with Gasteiger partial charge in [-0.2, -0.15) is 0 Å². The molecule has 1 saturated heterocycles. The topological polar surface area (TPSA) is 37.3 Å². The van der Waals surface area contributed by atoms with Crippen molar-refractivity contribution in [3.05, 3.63) is 24.0 Å². The third-order valence-corrected chi connectivity index (χ3v) is 3.30. The molecule has 4 nitrogen and oxygen atoms in total. The number of aromatic nitrogens is 1. The minimum absolute atomic E-state index is 0.112. The molecule has 4 heteroatoms. The van der Waals surface area contributed by atoms with Gasteiger partial charge in [0.05, 0.1) is 0 Å². The van der Waals surface area contributed by atoms with Crippen LogP contribution in [0.15, 0.2) is 18.3 Å². The Kier molecular flexibility index (Phi) is 3.29. The average Bonchev–Trinajstić information content (AvgIpc) is 2.75. The van der Waals surface area contributed by atoms with Crippen molar-refractivity contribution in [2.24, 2.45) is 7.05 Å². The van der Waals surface area contributed by atoms with E-state index in [-0.39, 0.29) is 5.91 Å². The summed E-state index contributed by atoms with van der Waals surface area (Å²) in [5, 5.41) is 3.33. The van der Waals surface area contributed by atoms with E-state index < -0.39 is 0 Å². The lowest BCUT2D eigenvalue weighted by Crippen LogP contribution is -2.47. The second-order valence-electron chi connectivity index (χ2n) is 4.42. The van der Waals surface area contributed by atoms with Gasteiger partial charge in [0.25, 0.3) is 5.91 Å². The maximum absolute atomic E-state index is 12.2. The maximum Gasteiger partial charge on any atom is 0.270 e. The summed E-state index contributed by atoms with van der Waals surface area (Å²) >= 11 is 0. The number of piperidine rings is 1. The fourth-order valence-electron chi connectivity index (χ4n) is 2.19. The zero-order valence-corrected chi connectivity index (χ0v) is 9.94. The Morgan fingerprint density at radius 2 is 2.44 bits per heavy atom. The van der Waals surface area contributed by atoms with Gasteiger partial charge in [-0.05, 0) is 31.5 Å². The predicted octanol–water partition coefficient (Wildman–Crippen LogP) is 0.849. The van der Waals surface area contributed by atoms with Crippen LogP contribution in [0.3, 0.4) is 0 Å². The van der Waals surface area contributed by atoms with Gasteiger partial charge in [0.1, 0.15) is 5.69 Å². The monoisotopic (exact) mass is 221 g/mol. The third kappa shape index (κ3) is 2.11. The van der Waals surface area contributed by atoms with Crippen molar-refractivity contribution in [2.75, 3.05) is 20.1 Å². The van der Waals surface area contributed by atoms with Crippen LogP contribution < -0.4 is 5.32 Å². The Morgan fingerprint density at radius 3 is 3.00 bits per heavy atom. The van der Waals surface area contributed by atoms with Crippen LogP contribution in [0.2, 0.25) is 0 Å². The van der Waals surface area contributed by atoms with Crippen molar-refractivity contribution in [3.8, 4) is 0 Å². The van der Waals surface area contributed by atoms with Crippen LogP contribution in [0.5, 0.6) is 0 Å². The van der Waals surface area contributed by atoms with E-state index in [1.165, 1.54) is 0 Å². The highest BCUT2D eigenvalue weighted by atomic mass is 16.2. The minimum atomic E-state index is 0.112. The number of amides is 1. The fourth-order valence-corrected chi connectivity index (χ4v) is 2.19. The Bertz CT molecular complexity index is 366. The predicted molar refractivity (Wildman–Crippen MR) is 63.4 cm³/mol. The van der Waals surface area contributed by atoms with Crippen molar-refractivity contribution >= 4 is 5.91 Å². The quantitative estimate of drug-likeness (QED) is 0.804. The van der Waals surface area contributed by atoms with E-state index in [2.05, 4.69) is 5.32 Å². The highest BCUT2D eigenvalue weighted by molar-refractivity contribution is 5.92. The van der Waals surface area contributed by atoms with Gasteiger partial charge in [0, 0.05) is 32.9 Å². The van der Waals surface area contributed by atoms with Gasteiger partial charge in [-0.1, -0.05) is 0 Å². The molecule has 0 saturated carbocycles. The molecule has 1 atom stereocenters. The molecular weight excluding hydrogens is 202 g/mol. The zero-order valence-electron chi connectivity index (χ0n) is 9.94. The van der Waals surface area contributed by atoms with Crippen LogP contribution >= 0.6 is 0 Å². The molecule has 16 heavy (non-hydrogen) atoms. The van der Waals surface area contributed by atoms with Crippen LogP contribution in [-0.2, 0) is 7.05 Å². The number of likely N-dealkylation sites (N-methyl/N-ethyl adjacent to an activating group) is 1. The number of aryl methyl sites for hydroxylation is 1. The molecule has 1 aliphatic heterocycles. The number of hydrogen-bond acceptors (Lipinski definition) is 2. The lowest BCUT2D eigenvalue weighted by molar-refractivity contribution is 0.0698. The summed E-state index contributed by atoms with van der Waals surface area (Å²) in [6, 6.07) is 4.10. The number of carbonyl (C=O) groups excluding carboxylic acids is 1. The lowest BCUT2D eigenvalue weighted by atomic mass is 10.1. The largest absolute Gasteiger partial charge is 0.347 e. The van der Waals surface area contributed by atoms with Crippen molar-refractivity contribution in [2.45, 2.75) is 18.9 Å². The van der Waals surface area contributed by atoms with Crippen molar-refractivity contribution in [1.29, 1.82) is 0 Å². The molecule has 1 aromatic rings. The summed E-state index contributed by atoms with van der Waals surface area (Å²) in [6.45, 7) is 1.98. The van der Waals surface area contributed by atoms with Gasteiger partial charge >= 0.3 is 0 Å². The SMILES string of the molecule is CN(C(=O)c1cccn1C)C1CCCNC1. The van der Waals surface area contributed by atoms with Crippen LogP contribution in [0, 0.1) is 0 Å². The Hall–Kier alpha value is -1.29. The summed E-state index contributed by atoms with van der Waals surface area (Å²) in [5.41, 5.74) is 0.757. The molecule has 2 heterocycles. The molecule has 0 aliphatic carbocycles. The number of nitrogens with one attached hydrogen (secondary N) is 1. The molecule has 0 spiro atoms. The molecular formula is C12H19N3O. The first-order chi connectivity index (χ1) is 7.70. The van der Waals surface area contributed by atoms with Crippen LogP contribution in [0.25, 0.3) is 0 Å². The number of rotatable bonds is 2. The van der Waals surface area contributed by atoms with Crippen LogP contribution in [0.1, 0.15) is 23.3 Å². The zero-order chi connectivity index (χ0) is 11.5. The van der Waals surface area contributed by atoms with E-state index in [1.54, 1.807) is 0 Å². The molecule has 1 aliphatic rings. The van der Waals surface area contributed by atoms with Gasteiger partial charge in [-0.3, -0.25) is 4.79 Å². The first-order valence-electron chi connectivity index (χ1n) is 5.79. The van der Waals surface area contributed by atoms with E-state index in [9.17, 15) is 4.79 Å². The summed E-state index contributed by atoms with van der Waals surface area (Å²) in [5.74, 6) is 0.112. The molecule has 1 aromatic heterocycles. The van der Waals surface area contributed by atoms with Crippen molar-refractivity contribution < 1.29 is 4.79 Å².